The van der Waals surface area contributed by atoms with Gasteiger partial charge in [-0.2, -0.15) is 5.10 Å². The third-order valence-electron chi connectivity index (χ3n) is 4.80. The largest absolute Gasteiger partial charge is 0.482 e. The molecule has 34 heavy (non-hydrogen) atoms. The van der Waals surface area contributed by atoms with Crippen molar-refractivity contribution in [3.63, 3.8) is 0 Å². The molecule has 0 radical (unpaired) electrons. The molecule has 0 aromatic heterocycles. The van der Waals surface area contributed by atoms with Crippen LogP contribution in [0.25, 0.3) is 10.8 Å². The first kappa shape index (κ1) is 23.3. The van der Waals surface area contributed by atoms with E-state index in [1.165, 1.54) is 6.21 Å². The molecule has 0 spiro atoms. The van der Waals surface area contributed by atoms with Crippen molar-refractivity contribution in [1.82, 2.24) is 5.43 Å². The first-order chi connectivity index (χ1) is 16.5. The van der Waals surface area contributed by atoms with Crippen molar-refractivity contribution in [2.75, 3.05) is 6.61 Å². The van der Waals surface area contributed by atoms with E-state index in [1.807, 2.05) is 36.4 Å². The highest BCUT2D eigenvalue weighted by Gasteiger charge is 2.13. The molecular formula is C26H18Cl2N2O4. The Kier molecular flexibility index (Phi) is 7.42. The minimum absolute atomic E-state index is 0.223. The first-order valence-corrected chi connectivity index (χ1v) is 11.0. The van der Waals surface area contributed by atoms with E-state index in [4.69, 9.17) is 32.7 Å². The summed E-state index contributed by atoms with van der Waals surface area (Å²) in [5, 5.41) is 6.31. The number of amides is 1. The molecule has 0 saturated heterocycles. The Labute approximate surface area is 205 Å². The van der Waals surface area contributed by atoms with Gasteiger partial charge in [-0.25, -0.2) is 10.2 Å². The molecule has 170 valence electrons. The highest BCUT2D eigenvalue weighted by atomic mass is 35.5. The van der Waals surface area contributed by atoms with Gasteiger partial charge in [0.25, 0.3) is 5.91 Å². The number of fused-ring (bicyclic) bond motifs is 1. The number of hydrazone groups is 1. The number of nitrogens with one attached hydrogen (secondary N) is 1. The molecule has 8 heteroatoms. The van der Waals surface area contributed by atoms with Crippen molar-refractivity contribution < 1.29 is 19.1 Å². The van der Waals surface area contributed by atoms with E-state index in [1.54, 1.807) is 48.5 Å². The molecule has 0 unspecified atom stereocenters. The minimum Gasteiger partial charge on any atom is -0.482 e. The number of halogens is 2. The average molecular weight is 493 g/mol. The van der Waals surface area contributed by atoms with Gasteiger partial charge in [0.2, 0.25) is 0 Å². The summed E-state index contributed by atoms with van der Waals surface area (Å²) < 4.78 is 11.0. The van der Waals surface area contributed by atoms with E-state index in [0.717, 1.165) is 10.8 Å². The van der Waals surface area contributed by atoms with Crippen LogP contribution < -0.4 is 14.9 Å². The van der Waals surface area contributed by atoms with Crippen LogP contribution >= 0.6 is 23.2 Å². The zero-order valence-electron chi connectivity index (χ0n) is 17.7. The van der Waals surface area contributed by atoms with E-state index in [2.05, 4.69) is 10.5 Å². The second-order valence-corrected chi connectivity index (χ2v) is 7.87. The van der Waals surface area contributed by atoms with E-state index in [9.17, 15) is 9.59 Å². The summed E-state index contributed by atoms with van der Waals surface area (Å²) in [4.78, 5) is 24.8. The monoisotopic (exact) mass is 492 g/mol. The molecule has 0 atom stereocenters. The zero-order chi connectivity index (χ0) is 23.9. The Bertz CT molecular complexity index is 1370. The predicted molar refractivity (Wildman–Crippen MR) is 133 cm³/mol. The lowest BCUT2D eigenvalue weighted by atomic mass is 10.0. The molecule has 0 heterocycles. The number of hydrogen-bond donors (Lipinski definition) is 1. The zero-order valence-corrected chi connectivity index (χ0v) is 19.2. The summed E-state index contributed by atoms with van der Waals surface area (Å²) >= 11 is 12.0. The van der Waals surface area contributed by atoms with Gasteiger partial charge in [0, 0.05) is 5.56 Å². The van der Waals surface area contributed by atoms with E-state index in [-0.39, 0.29) is 17.4 Å². The van der Waals surface area contributed by atoms with Crippen LogP contribution in [-0.2, 0) is 4.79 Å². The fourth-order valence-corrected chi connectivity index (χ4v) is 3.52. The Morgan fingerprint density at radius 1 is 0.853 bits per heavy atom. The first-order valence-electron chi connectivity index (χ1n) is 10.2. The number of esters is 1. The minimum atomic E-state index is -0.504. The normalized spacial score (nSPS) is 10.9. The van der Waals surface area contributed by atoms with Gasteiger partial charge in [0.15, 0.2) is 6.61 Å². The number of benzene rings is 4. The molecule has 0 aliphatic carbocycles. The molecule has 1 N–H and O–H groups in total. The van der Waals surface area contributed by atoms with Crippen LogP contribution in [-0.4, -0.2) is 24.7 Å². The maximum atomic E-state index is 12.6. The molecule has 4 aromatic carbocycles. The second-order valence-electron chi connectivity index (χ2n) is 7.09. The molecule has 6 nitrogen and oxygen atoms in total. The molecule has 0 aliphatic heterocycles. The van der Waals surface area contributed by atoms with Crippen molar-refractivity contribution in [2.45, 2.75) is 0 Å². The summed E-state index contributed by atoms with van der Waals surface area (Å²) in [6.45, 7) is -0.317. The van der Waals surface area contributed by atoms with Crippen molar-refractivity contribution in [2.24, 2.45) is 5.10 Å². The maximum Gasteiger partial charge on any atom is 0.343 e. The number of carbonyl (C=O) groups is 2. The van der Waals surface area contributed by atoms with Gasteiger partial charge in [0.1, 0.15) is 16.5 Å². The van der Waals surface area contributed by atoms with Crippen molar-refractivity contribution >= 4 is 52.1 Å². The predicted octanol–water partition coefficient (Wildman–Crippen LogP) is 5.89. The molecule has 4 aromatic rings. The van der Waals surface area contributed by atoms with Crippen LogP contribution in [0.1, 0.15) is 15.9 Å². The van der Waals surface area contributed by atoms with E-state index >= 15 is 0 Å². The van der Waals surface area contributed by atoms with Crippen LogP contribution in [0, 0.1) is 0 Å². The number of nitrogens with zero attached hydrogens (tertiary/aromatic N) is 1. The molecule has 0 aliphatic rings. The Hall–Kier alpha value is -3.87. The van der Waals surface area contributed by atoms with Gasteiger partial charge in [-0.05, 0) is 41.1 Å². The van der Waals surface area contributed by atoms with Gasteiger partial charge in [0.05, 0.1) is 16.8 Å². The SMILES string of the molecule is O=C(COc1cccc(Cl)c1Cl)N/N=C\c1c(OC(=O)c2ccccc2)ccc2ccccc12. The van der Waals surface area contributed by atoms with Gasteiger partial charge in [-0.3, -0.25) is 4.79 Å². The lowest BCUT2D eigenvalue weighted by Crippen LogP contribution is -2.24. The third kappa shape index (κ3) is 5.54. The van der Waals surface area contributed by atoms with Crippen LogP contribution in [0.2, 0.25) is 10.0 Å². The second kappa shape index (κ2) is 10.8. The topological polar surface area (TPSA) is 77.0 Å². The van der Waals surface area contributed by atoms with Crippen molar-refractivity contribution in [1.29, 1.82) is 0 Å². The third-order valence-corrected chi connectivity index (χ3v) is 5.60. The Morgan fingerprint density at radius 3 is 2.44 bits per heavy atom. The fourth-order valence-electron chi connectivity index (χ4n) is 3.17. The lowest BCUT2D eigenvalue weighted by Gasteiger charge is -2.11. The highest BCUT2D eigenvalue weighted by Crippen LogP contribution is 2.31. The summed E-state index contributed by atoms with van der Waals surface area (Å²) in [5.74, 6) is -0.401. The summed E-state index contributed by atoms with van der Waals surface area (Å²) in [5.41, 5.74) is 3.36. The fraction of sp³-hybridized carbons (Fsp3) is 0.0385. The molecule has 1 amide bonds. The molecule has 0 bridgehead atoms. The number of carbonyl (C=O) groups excluding carboxylic acids is 2. The maximum absolute atomic E-state index is 12.6. The van der Waals surface area contributed by atoms with Crippen molar-refractivity contribution in [3.05, 3.63) is 106 Å². The van der Waals surface area contributed by atoms with Gasteiger partial charge in [-0.15, -0.1) is 0 Å². The van der Waals surface area contributed by atoms with Crippen molar-refractivity contribution in [3.8, 4) is 11.5 Å². The molecule has 0 saturated carbocycles. The van der Waals surface area contributed by atoms with Gasteiger partial charge >= 0.3 is 5.97 Å². The lowest BCUT2D eigenvalue weighted by molar-refractivity contribution is -0.123. The summed E-state index contributed by atoms with van der Waals surface area (Å²) in [6, 6.07) is 24.7. The molecular weight excluding hydrogens is 475 g/mol. The number of ether oxygens (including phenoxy) is 2. The molecule has 0 fully saturated rings. The number of rotatable bonds is 7. The van der Waals surface area contributed by atoms with Crippen LogP contribution in [0.5, 0.6) is 11.5 Å². The highest BCUT2D eigenvalue weighted by molar-refractivity contribution is 6.42. The van der Waals surface area contributed by atoms with E-state index in [0.29, 0.717) is 21.9 Å². The number of hydrogen-bond acceptors (Lipinski definition) is 5. The van der Waals surface area contributed by atoms with Crippen LogP contribution in [0.4, 0.5) is 0 Å². The van der Waals surface area contributed by atoms with E-state index < -0.39 is 11.9 Å². The average Bonchev–Trinajstić information content (AvgIpc) is 2.86. The van der Waals surface area contributed by atoms with Gasteiger partial charge in [-0.1, -0.05) is 77.8 Å². The Balaban J connectivity index is 1.50. The van der Waals surface area contributed by atoms with Crippen LogP contribution in [0.3, 0.4) is 0 Å². The Morgan fingerprint density at radius 2 is 1.62 bits per heavy atom. The van der Waals surface area contributed by atoms with Crippen LogP contribution in [0.15, 0.2) is 90.0 Å². The van der Waals surface area contributed by atoms with Gasteiger partial charge < -0.3 is 9.47 Å². The standard InChI is InChI=1S/C26H18Cl2N2O4/c27-21-11-6-12-23(25(21)28)33-16-24(31)30-29-15-20-19-10-5-4-7-17(19)13-14-22(20)34-26(32)18-8-2-1-3-9-18/h1-15H,16H2,(H,30,31)/b29-15-. The smallest absolute Gasteiger partial charge is 0.343 e. The molecule has 4 rings (SSSR count). The summed E-state index contributed by atoms with van der Waals surface area (Å²) in [7, 11) is 0. The quantitative estimate of drug-likeness (QED) is 0.151. The summed E-state index contributed by atoms with van der Waals surface area (Å²) in [6.07, 6.45) is 1.43.